The van der Waals surface area contributed by atoms with Gasteiger partial charge in [-0.25, -0.2) is 0 Å². The maximum absolute atomic E-state index is 12.4. The Balaban J connectivity index is 2.02. The van der Waals surface area contributed by atoms with Gasteiger partial charge in [-0.1, -0.05) is 18.2 Å². The van der Waals surface area contributed by atoms with Crippen LogP contribution in [0.15, 0.2) is 42.5 Å². The summed E-state index contributed by atoms with van der Waals surface area (Å²) in [6.07, 6.45) is -5.15. The van der Waals surface area contributed by atoms with E-state index in [1.807, 2.05) is 0 Å². The van der Waals surface area contributed by atoms with Gasteiger partial charge in [0, 0.05) is 17.7 Å². The number of carbonyl (C=O) groups excluding carboxylic acids is 4. The molecule has 0 aliphatic rings. The Hall–Kier alpha value is -4.29. The second kappa shape index (κ2) is 11.5. The molecule has 0 aromatic heterocycles. The molecule has 0 bridgehead atoms. The first-order valence-corrected chi connectivity index (χ1v) is 9.48. The van der Waals surface area contributed by atoms with E-state index in [9.17, 15) is 32.3 Å². The van der Waals surface area contributed by atoms with Crippen LogP contribution in [0.3, 0.4) is 0 Å². The van der Waals surface area contributed by atoms with Gasteiger partial charge in [-0.3, -0.25) is 19.2 Å². The number of halogens is 3. The van der Waals surface area contributed by atoms with Gasteiger partial charge in [-0.05, 0) is 12.1 Å². The van der Waals surface area contributed by atoms with Crippen LogP contribution in [0.4, 0.5) is 24.5 Å². The van der Waals surface area contributed by atoms with Gasteiger partial charge in [0.15, 0.2) is 6.61 Å². The maximum Gasteiger partial charge on any atom is 0.471 e. The summed E-state index contributed by atoms with van der Waals surface area (Å²) in [6.45, 7) is -1.92. The molecule has 0 heterocycles. The zero-order valence-electron chi connectivity index (χ0n) is 17.9. The minimum Gasteiger partial charge on any atom is -0.494 e. The van der Waals surface area contributed by atoms with Crippen molar-refractivity contribution in [3.05, 3.63) is 48.0 Å². The van der Waals surface area contributed by atoms with E-state index in [4.69, 9.17) is 9.47 Å². The number of rotatable bonds is 9. The van der Waals surface area contributed by atoms with Gasteiger partial charge < -0.3 is 30.2 Å². The van der Waals surface area contributed by atoms with Gasteiger partial charge in [0.1, 0.15) is 18.0 Å². The van der Waals surface area contributed by atoms with E-state index >= 15 is 0 Å². The molecule has 2 rings (SSSR count). The summed E-state index contributed by atoms with van der Waals surface area (Å²) in [4.78, 5) is 46.7. The molecule has 13 heteroatoms. The van der Waals surface area contributed by atoms with Crippen molar-refractivity contribution in [3.63, 3.8) is 0 Å². The molecule has 0 spiro atoms. The third-order valence-corrected chi connectivity index (χ3v) is 4.09. The Morgan fingerprint density at radius 3 is 1.97 bits per heavy atom. The van der Waals surface area contributed by atoms with Gasteiger partial charge in [-0.15, -0.1) is 0 Å². The van der Waals surface area contributed by atoms with Crippen LogP contribution >= 0.6 is 0 Å². The van der Waals surface area contributed by atoms with E-state index in [2.05, 4.69) is 15.4 Å². The molecule has 0 aliphatic carbocycles. The molecule has 34 heavy (non-hydrogen) atoms. The van der Waals surface area contributed by atoms with Crippen LogP contribution < -0.4 is 25.4 Å². The zero-order valence-corrected chi connectivity index (χ0v) is 17.9. The van der Waals surface area contributed by atoms with Crippen LogP contribution in [0, 0.1) is 0 Å². The molecule has 3 amide bonds. The van der Waals surface area contributed by atoms with Crippen LogP contribution in [0.25, 0.3) is 0 Å². The summed E-state index contributed by atoms with van der Waals surface area (Å²) < 4.78 is 51.3. The lowest BCUT2D eigenvalue weighted by molar-refractivity contribution is -0.174. The molecule has 2 aromatic rings. The Kier molecular flexibility index (Phi) is 8.81. The lowest BCUT2D eigenvalue weighted by Crippen LogP contribution is -2.40. The molecule has 0 saturated heterocycles. The highest BCUT2D eigenvalue weighted by Gasteiger charge is 2.38. The molecule has 182 valence electrons. The number of hydrogen-bond donors (Lipinski definition) is 3. The van der Waals surface area contributed by atoms with E-state index in [1.54, 1.807) is 30.3 Å². The highest BCUT2D eigenvalue weighted by atomic mass is 19.4. The Bertz CT molecular complexity index is 1060. The largest absolute Gasteiger partial charge is 0.494 e. The molecule has 3 N–H and O–H groups in total. The summed E-state index contributed by atoms with van der Waals surface area (Å²) in [6, 6.07) is 11.1. The smallest absolute Gasteiger partial charge is 0.471 e. The van der Waals surface area contributed by atoms with E-state index in [1.165, 1.54) is 31.7 Å². The number of benzene rings is 2. The first-order valence-electron chi connectivity index (χ1n) is 9.48. The minimum absolute atomic E-state index is 0.100. The summed E-state index contributed by atoms with van der Waals surface area (Å²) in [5.41, 5.74) is 0.746. The third-order valence-electron chi connectivity index (χ3n) is 4.09. The van der Waals surface area contributed by atoms with Gasteiger partial charge in [0.05, 0.1) is 25.6 Å². The van der Waals surface area contributed by atoms with Crippen molar-refractivity contribution in [3.8, 4) is 11.5 Å². The van der Waals surface area contributed by atoms with E-state index in [-0.39, 0.29) is 22.9 Å². The molecule has 0 fully saturated rings. The van der Waals surface area contributed by atoms with E-state index < -0.39 is 43.0 Å². The van der Waals surface area contributed by atoms with Crippen LogP contribution in [0.5, 0.6) is 11.5 Å². The number of esters is 1. The zero-order chi connectivity index (χ0) is 25.3. The quantitative estimate of drug-likeness (QED) is 0.466. The fourth-order valence-electron chi connectivity index (χ4n) is 2.51. The monoisotopic (exact) mass is 483 g/mol. The van der Waals surface area contributed by atoms with Crippen molar-refractivity contribution < 1.29 is 46.6 Å². The fourth-order valence-corrected chi connectivity index (χ4v) is 2.51. The van der Waals surface area contributed by atoms with Crippen LogP contribution in [0.1, 0.15) is 10.4 Å². The summed E-state index contributed by atoms with van der Waals surface area (Å²) >= 11 is 0. The van der Waals surface area contributed by atoms with Crippen molar-refractivity contribution in [2.75, 3.05) is 38.0 Å². The first kappa shape index (κ1) is 26.0. The maximum atomic E-state index is 12.4. The Morgan fingerprint density at radius 2 is 1.44 bits per heavy atom. The van der Waals surface area contributed by atoms with Gasteiger partial charge in [-0.2, -0.15) is 13.2 Å². The van der Waals surface area contributed by atoms with Crippen molar-refractivity contribution in [2.24, 2.45) is 0 Å². The van der Waals surface area contributed by atoms with Crippen LogP contribution in [-0.4, -0.2) is 57.2 Å². The number of anilines is 2. The standard InChI is InChI=1S/C21H20F3N3O7/c1-32-15-9-14(27-19(30)12-6-4-3-5-7-12)16(33-2)8-13(15)26-17(28)11-34-18(29)10-25-20(31)21(22,23)24/h3-9H,10-11H2,1-2H3,(H,25,31)(H,26,28)(H,27,30). The second-order valence-corrected chi connectivity index (χ2v) is 6.46. The summed E-state index contributed by atoms with van der Waals surface area (Å²) in [5.74, 6) is -4.53. The topological polar surface area (TPSA) is 132 Å². The number of nitrogens with one attached hydrogen (secondary N) is 3. The number of hydrogen-bond acceptors (Lipinski definition) is 7. The van der Waals surface area contributed by atoms with Crippen molar-refractivity contribution in [1.82, 2.24) is 5.32 Å². The normalized spacial score (nSPS) is 10.6. The molecule has 2 aromatic carbocycles. The highest BCUT2D eigenvalue weighted by molar-refractivity contribution is 6.05. The van der Waals surface area contributed by atoms with Crippen LogP contribution in [0.2, 0.25) is 0 Å². The SMILES string of the molecule is COc1cc(NC(=O)c2ccccc2)c(OC)cc1NC(=O)COC(=O)CNC(=O)C(F)(F)F. The Morgan fingerprint density at radius 1 is 0.882 bits per heavy atom. The number of ether oxygens (including phenoxy) is 3. The van der Waals surface area contributed by atoms with Gasteiger partial charge >= 0.3 is 18.1 Å². The van der Waals surface area contributed by atoms with Crippen molar-refractivity contribution in [2.45, 2.75) is 6.18 Å². The molecule has 0 saturated carbocycles. The highest BCUT2D eigenvalue weighted by Crippen LogP contribution is 2.36. The molecule has 0 radical (unpaired) electrons. The summed E-state index contributed by atoms with van der Waals surface area (Å²) in [7, 11) is 2.65. The Labute approximate surface area is 191 Å². The predicted molar refractivity (Wildman–Crippen MR) is 113 cm³/mol. The molecular weight excluding hydrogens is 463 g/mol. The third kappa shape index (κ3) is 7.39. The van der Waals surface area contributed by atoms with Gasteiger partial charge in [0.2, 0.25) is 0 Å². The minimum atomic E-state index is -5.15. The fraction of sp³-hybridized carbons (Fsp3) is 0.238. The number of methoxy groups -OCH3 is 2. The lowest BCUT2D eigenvalue weighted by Gasteiger charge is -2.16. The van der Waals surface area contributed by atoms with E-state index in [0.717, 1.165) is 0 Å². The molecular formula is C21H20F3N3O7. The average Bonchev–Trinajstić information content (AvgIpc) is 2.81. The molecule has 0 atom stereocenters. The molecule has 0 unspecified atom stereocenters. The van der Waals surface area contributed by atoms with Crippen molar-refractivity contribution in [1.29, 1.82) is 0 Å². The van der Waals surface area contributed by atoms with E-state index in [0.29, 0.717) is 5.56 Å². The number of carbonyl (C=O) groups is 4. The average molecular weight is 483 g/mol. The molecule has 0 aliphatic heterocycles. The van der Waals surface area contributed by atoms with Crippen molar-refractivity contribution >= 4 is 35.1 Å². The van der Waals surface area contributed by atoms with Crippen LogP contribution in [-0.2, 0) is 19.1 Å². The molecule has 10 nitrogen and oxygen atoms in total. The number of alkyl halides is 3. The second-order valence-electron chi connectivity index (χ2n) is 6.46. The first-order chi connectivity index (χ1) is 16.0. The number of amides is 3. The predicted octanol–water partition coefficient (Wildman–Crippen LogP) is 2.12. The van der Waals surface area contributed by atoms with Gasteiger partial charge in [0.25, 0.3) is 11.8 Å². The summed E-state index contributed by atoms with van der Waals surface area (Å²) in [5, 5.41) is 6.38. The lowest BCUT2D eigenvalue weighted by atomic mass is 10.2.